The zero-order valence-electron chi connectivity index (χ0n) is 11.6. The summed E-state index contributed by atoms with van der Waals surface area (Å²) < 4.78 is 12.8. The second-order valence-corrected chi connectivity index (χ2v) is 5.16. The lowest BCUT2D eigenvalue weighted by atomic mass is 10.3. The first-order chi connectivity index (χ1) is 9.76. The third kappa shape index (κ3) is 3.46. The van der Waals surface area contributed by atoms with E-state index in [1.807, 2.05) is 35.9 Å². The SMILES string of the molecule is COc1ccccc1OCCSc1ncc(CO)n1C. The molecule has 5 nitrogen and oxygen atoms in total. The van der Waals surface area contributed by atoms with Gasteiger partial charge in [0.25, 0.3) is 0 Å². The number of methoxy groups -OCH3 is 1. The van der Waals surface area contributed by atoms with Gasteiger partial charge in [-0.2, -0.15) is 0 Å². The van der Waals surface area contributed by atoms with Gasteiger partial charge in [0.2, 0.25) is 0 Å². The van der Waals surface area contributed by atoms with E-state index in [-0.39, 0.29) is 6.61 Å². The molecule has 0 saturated heterocycles. The molecule has 0 aliphatic carbocycles. The molecule has 0 bridgehead atoms. The zero-order chi connectivity index (χ0) is 14.4. The van der Waals surface area contributed by atoms with E-state index in [1.54, 1.807) is 25.1 Å². The summed E-state index contributed by atoms with van der Waals surface area (Å²) in [5.74, 6) is 2.25. The second-order valence-electron chi connectivity index (χ2n) is 4.10. The molecule has 2 rings (SSSR count). The van der Waals surface area contributed by atoms with Crippen molar-refractivity contribution in [1.82, 2.24) is 9.55 Å². The molecule has 1 N–H and O–H groups in total. The van der Waals surface area contributed by atoms with Crippen LogP contribution in [0.25, 0.3) is 0 Å². The Bertz CT molecular complexity index is 557. The third-order valence-electron chi connectivity index (χ3n) is 2.84. The van der Waals surface area contributed by atoms with Crippen molar-refractivity contribution in [3.63, 3.8) is 0 Å². The van der Waals surface area contributed by atoms with Crippen molar-refractivity contribution in [2.45, 2.75) is 11.8 Å². The van der Waals surface area contributed by atoms with Crippen LogP contribution in [0.5, 0.6) is 11.5 Å². The normalized spacial score (nSPS) is 10.6. The fourth-order valence-electron chi connectivity index (χ4n) is 1.73. The zero-order valence-corrected chi connectivity index (χ0v) is 12.4. The van der Waals surface area contributed by atoms with Crippen LogP contribution in [0.3, 0.4) is 0 Å². The molecule has 108 valence electrons. The number of hydrogen-bond donors (Lipinski definition) is 1. The van der Waals surface area contributed by atoms with Crippen molar-refractivity contribution < 1.29 is 14.6 Å². The van der Waals surface area contributed by atoms with Crippen molar-refractivity contribution in [2.75, 3.05) is 19.5 Å². The van der Waals surface area contributed by atoms with Gasteiger partial charge in [-0.3, -0.25) is 0 Å². The van der Waals surface area contributed by atoms with Gasteiger partial charge in [-0.05, 0) is 12.1 Å². The molecule has 1 heterocycles. The molecule has 0 atom stereocenters. The van der Waals surface area contributed by atoms with E-state index in [0.29, 0.717) is 6.61 Å². The van der Waals surface area contributed by atoms with Crippen LogP contribution in [0, 0.1) is 0 Å². The van der Waals surface area contributed by atoms with Crippen LogP contribution < -0.4 is 9.47 Å². The summed E-state index contributed by atoms with van der Waals surface area (Å²) in [6.45, 7) is 0.564. The van der Waals surface area contributed by atoms with E-state index in [0.717, 1.165) is 28.1 Å². The molecule has 0 saturated carbocycles. The van der Waals surface area contributed by atoms with Crippen LogP contribution in [0.15, 0.2) is 35.6 Å². The van der Waals surface area contributed by atoms with E-state index < -0.39 is 0 Å². The highest BCUT2D eigenvalue weighted by Gasteiger charge is 2.07. The Balaban J connectivity index is 1.83. The first kappa shape index (κ1) is 14.7. The summed E-state index contributed by atoms with van der Waals surface area (Å²) in [7, 11) is 3.52. The highest BCUT2D eigenvalue weighted by atomic mass is 32.2. The summed E-state index contributed by atoms with van der Waals surface area (Å²) in [5.41, 5.74) is 0.804. The van der Waals surface area contributed by atoms with E-state index in [9.17, 15) is 0 Å². The van der Waals surface area contributed by atoms with Gasteiger partial charge in [0.05, 0.1) is 32.2 Å². The third-order valence-corrected chi connectivity index (χ3v) is 3.85. The highest BCUT2D eigenvalue weighted by Crippen LogP contribution is 2.26. The Morgan fingerprint density at radius 3 is 2.70 bits per heavy atom. The van der Waals surface area contributed by atoms with Crippen molar-refractivity contribution in [3.8, 4) is 11.5 Å². The summed E-state index contributed by atoms with van der Waals surface area (Å²) in [6, 6.07) is 7.57. The topological polar surface area (TPSA) is 56.5 Å². The number of rotatable bonds is 7. The van der Waals surface area contributed by atoms with Crippen LogP contribution in [0.1, 0.15) is 5.69 Å². The van der Waals surface area contributed by atoms with Crippen LogP contribution in [0.4, 0.5) is 0 Å². The Labute approximate surface area is 122 Å². The second kappa shape index (κ2) is 7.21. The maximum Gasteiger partial charge on any atom is 0.168 e. The van der Waals surface area contributed by atoms with Gasteiger partial charge in [0.1, 0.15) is 0 Å². The molecule has 1 aromatic carbocycles. The molecular weight excluding hydrogens is 276 g/mol. The molecular formula is C14H18N2O3S. The minimum atomic E-state index is 0.00176. The van der Waals surface area contributed by atoms with Gasteiger partial charge in [-0.15, -0.1) is 0 Å². The predicted octanol–water partition coefficient (Wildman–Crippen LogP) is 2.09. The molecule has 0 unspecified atom stereocenters. The van der Waals surface area contributed by atoms with E-state index in [4.69, 9.17) is 14.6 Å². The smallest absolute Gasteiger partial charge is 0.168 e. The number of thioether (sulfide) groups is 1. The van der Waals surface area contributed by atoms with Crippen molar-refractivity contribution in [3.05, 3.63) is 36.2 Å². The van der Waals surface area contributed by atoms with Gasteiger partial charge in [-0.1, -0.05) is 23.9 Å². The largest absolute Gasteiger partial charge is 0.493 e. The number of aliphatic hydroxyl groups excluding tert-OH is 1. The van der Waals surface area contributed by atoms with Crippen molar-refractivity contribution >= 4 is 11.8 Å². The maximum atomic E-state index is 9.10. The number of hydrogen-bond acceptors (Lipinski definition) is 5. The molecule has 0 aliphatic rings. The Hall–Kier alpha value is -1.66. The van der Waals surface area contributed by atoms with Crippen LogP contribution >= 0.6 is 11.8 Å². The fraction of sp³-hybridized carbons (Fsp3) is 0.357. The van der Waals surface area contributed by atoms with Gasteiger partial charge >= 0.3 is 0 Å². The minimum absolute atomic E-state index is 0.00176. The molecule has 0 aliphatic heterocycles. The number of para-hydroxylation sites is 2. The Morgan fingerprint density at radius 1 is 1.30 bits per heavy atom. The Morgan fingerprint density at radius 2 is 2.05 bits per heavy atom. The average molecular weight is 294 g/mol. The number of benzene rings is 1. The molecule has 0 fully saturated rings. The summed E-state index contributed by atoms with van der Waals surface area (Å²) in [6.07, 6.45) is 1.68. The lowest BCUT2D eigenvalue weighted by Crippen LogP contribution is -2.03. The summed E-state index contributed by atoms with van der Waals surface area (Å²) >= 11 is 1.59. The minimum Gasteiger partial charge on any atom is -0.493 e. The van der Waals surface area contributed by atoms with Crippen LogP contribution in [-0.4, -0.2) is 34.1 Å². The van der Waals surface area contributed by atoms with E-state index in [2.05, 4.69) is 4.98 Å². The average Bonchev–Trinajstić information content (AvgIpc) is 2.84. The molecule has 20 heavy (non-hydrogen) atoms. The van der Waals surface area contributed by atoms with Gasteiger partial charge < -0.3 is 19.1 Å². The number of nitrogens with zero attached hydrogens (tertiary/aromatic N) is 2. The van der Waals surface area contributed by atoms with Crippen LogP contribution in [0.2, 0.25) is 0 Å². The molecule has 0 amide bonds. The maximum absolute atomic E-state index is 9.10. The molecule has 0 spiro atoms. The monoisotopic (exact) mass is 294 g/mol. The fourth-order valence-corrected chi connectivity index (χ4v) is 2.52. The standard InChI is InChI=1S/C14H18N2O3S/c1-16-11(10-17)9-15-14(16)20-8-7-19-13-6-4-3-5-12(13)18-2/h3-6,9,17H,7-8,10H2,1-2H3. The van der Waals surface area contributed by atoms with Gasteiger partial charge in [0.15, 0.2) is 16.7 Å². The van der Waals surface area contributed by atoms with Crippen molar-refractivity contribution in [1.29, 1.82) is 0 Å². The molecule has 1 aromatic heterocycles. The lowest BCUT2D eigenvalue weighted by Gasteiger charge is -2.10. The molecule has 0 radical (unpaired) electrons. The lowest BCUT2D eigenvalue weighted by molar-refractivity contribution is 0.271. The number of aliphatic hydroxyl groups is 1. The Kier molecular flexibility index (Phi) is 5.31. The molecule has 6 heteroatoms. The summed E-state index contributed by atoms with van der Waals surface area (Å²) in [4.78, 5) is 4.25. The van der Waals surface area contributed by atoms with E-state index >= 15 is 0 Å². The van der Waals surface area contributed by atoms with Crippen molar-refractivity contribution in [2.24, 2.45) is 7.05 Å². The van der Waals surface area contributed by atoms with E-state index in [1.165, 1.54) is 0 Å². The molecule has 2 aromatic rings. The first-order valence-electron chi connectivity index (χ1n) is 6.26. The first-order valence-corrected chi connectivity index (χ1v) is 7.25. The number of imidazole rings is 1. The quantitative estimate of drug-likeness (QED) is 0.626. The van der Waals surface area contributed by atoms with Gasteiger partial charge in [-0.25, -0.2) is 4.98 Å². The van der Waals surface area contributed by atoms with Crippen LogP contribution in [-0.2, 0) is 13.7 Å². The number of ether oxygens (including phenoxy) is 2. The predicted molar refractivity (Wildman–Crippen MR) is 78.3 cm³/mol. The number of aromatic nitrogens is 2. The van der Waals surface area contributed by atoms with Gasteiger partial charge in [0, 0.05) is 12.8 Å². The highest BCUT2D eigenvalue weighted by molar-refractivity contribution is 7.99. The summed E-state index contributed by atoms with van der Waals surface area (Å²) in [5, 5.41) is 9.97.